The Kier molecular flexibility index (Phi) is 5.58. The predicted molar refractivity (Wildman–Crippen MR) is 117 cm³/mol. The molecule has 1 atom stereocenters. The molecule has 0 aromatic heterocycles. The van der Waals surface area contributed by atoms with E-state index in [0.717, 1.165) is 16.7 Å². The van der Waals surface area contributed by atoms with Crippen molar-refractivity contribution in [2.24, 2.45) is 0 Å². The maximum Gasteiger partial charge on any atom is 0.323 e. The van der Waals surface area contributed by atoms with Gasteiger partial charge in [0.25, 0.3) is 5.91 Å². The number of aliphatic carboxylic acids is 1. The first-order valence-electron chi connectivity index (χ1n) is 10.1. The molecule has 166 valence electrons. The van der Waals surface area contributed by atoms with Crippen molar-refractivity contribution in [3.8, 4) is 0 Å². The number of hydrogen-bond donors (Lipinski definition) is 4. The number of amides is 1. The third kappa shape index (κ3) is 4.02. The number of carbonyl (C=O) groups excluding carboxylic acids is 1. The molecule has 0 spiro atoms. The molecule has 4 N–H and O–H groups in total. The number of ether oxygens (including phenoxy) is 1. The molecule has 32 heavy (non-hydrogen) atoms. The second kappa shape index (κ2) is 8.22. The predicted octanol–water partition coefficient (Wildman–Crippen LogP) is 2.92. The van der Waals surface area contributed by atoms with E-state index in [2.05, 4.69) is 10.6 Å². The maximum atomic E-state index is 13.8. The second-order valence-corrected chi connectivity index (χ2v) is 8.20. The van der Waals surface area contributed by atoms with E-state index in [1.165, 1.54) is 18.2 Å². The number of benzene rings is 2. The third-order valence-corrected chi connectivity index (χ3v) is 5.56. The first-order valence-corrected chi connectivity index (χ1v) is 10.1. The monoisotopic (exact) mass is 438 g/mol. The fourth-order valence-electron chi connectivity index (χ4n) is 3.88. The number of halogens is 1. The number of allylic oxidation sites excluding steroid dienone is 1. The Bertz CT molecular complexity index is 1150. The average Bonchev–Trinajstić information content (AvgIpc) is 3.23. The summed E-state index contributed by atoms with van der Waals surface area (Å²) in [4.78, 5) is 23.6. The molecule has 7 nitrogen and oxygen atoms in total. The summed E-state index contributed by atoms with van der Waals surface area (Å²) in [6.45, 7) is 3.57. The highest BCUT2D eigenvalue weighted by Gasteiger charge is 2.38. The quantitative estimate of drug-likeness (QED) is 0.517. The normalized spacial score (nSPS) is 19.8. The van der Waals surface area contributed by atoms with Crippen molar-refractivity contribution >= 4 is 28.7 Å². The zero-order valence-electron chi connectivity index (χ0n) is 17.6. The minimum Gasteiger partial charge on any atom is -0.482 e. The lowest BCUT2D eigenvalue weighted by molar-refractivity contribution is -0.140. The van der Waals surface area contributed by atoms with E-state index in [1.807, 2.05) is 38.1 Å². The number of aliphatic hydroxyl groups excluding tert-OH is 1. The zero-order chi connectivity index (χ0) is 23.0. The highest BCUT2D eigenvalue weighted by Crippen LogP contribution is 2.44. The molecule has 0 radical (unpaired) electrons. The molecule has 0 saturated heterocycles. The fraction of sp³-hybridized carbons (Fsp3) is 0.250. The molecule has 0 aliphatic carbocycles. The van der Waals surface area contributed by atoms with Gasteiger partial charge in [-0.3, -0.25) is 14.9 Å². The zero-order valence-corrected chi connectivity index (χ0v) is 17.6. The van der Waals surface area contributed by atoms with Crippen LogP contribution in [-0.2, 0) is 20.9 Å². The van der Waals surface area contributed by atoms with Crippen molar-refractivity contribution in [3.63, 3.8) is 0 Å². The van der Waals surface area contributed by atoms with Crippen LogP contribution in [0.5, 0.6) is 0 Å². The topological polar surface area (TPSA) is 108 Å². The van der Waals surface area contributed by atoms with E-state index in [1.54, 1.807) is 6.08 Å². The SMILES string of the molecule is CC1(C)OC(=C2C(=O)Nc3ccc(F)cc32)C=C1c1ccc(CN[C@@H](CO)C(=O)O)cc1. The molecule has 4 rings (SSSR count). The number of nitrogens with one attached hydrogen (secondary N) is 2. The molecule has 0 saturated carbocycles. The molecule has 1 amide bonds. The Labute approximate surface area is 184 Å². The van der Waals surface area contributed by atoms with Crippen molar-refractivity contribution in [3.05, 3.63) is 76.8 Å². The Morgan fingerprint density at radius 2 is 1.94 bits per heavy atom. The standard InChI is InChI=1S/C24H23FN2O5/c1-24(2)17(14-5-3-13(4-6-14)11-26-19(12-28)23(30)31)10-20(32-24)21-16-9-15(25)7-8-18(16)27-22(21)29/h3-10,19,26,28H,11-12H2,1-2H3,(H,27,29)(H,30,31)/t19-/m0/s1. The minimum absolute atomic E-state index is 0.286. The van der Waals surface area contributed by atoms with Gasteiger partial charge >= 0.3 is 5.97 Å². The number of fused-ring (bicyclic) bond motifs is 1. The van der Waals surface area contributed by atoms with Crippen LogP contribution >= 0.6 is 0 Å². The van der Waals surface area contributed by atoms with E-state index in [4.69, 9.17) is 14.9 Å². The van der Waals surface area contributed by atoms with Crippen LogP contribution in [0.4, 0.5) is 10.1 Å². The van der Waals surface area contributed by atoms with Gasteiger partial charge in [0.15, 0.2) is 0 Å². The maximum absolute atomic E-state index is 13.8. The molecule has 2 aromatic rings. The smallest absolute Gasteiger partial charge is 0.323 e. The van der Waals surface area contributed by atoms with Crippen LogP contribution in [0.25, 0.3) is 11.1 Å². The summed E-state index contributed by atoms with van der Waals surface area (Å²) in [5, 5.41) is 23.6. The summed E-state index contributed by atoms with van der Waals surface area (Å²) in [5.41, 5.74) is 3.18. The van der Waals surface area contributed by atoms with Crippen LogP contribution in [0.3, 0.4) is 0 Å². The van der Waals surface area contributed by atoms with Crippen LogP contribution < -0.4 is 10.6 Å². The van der Waals surface area contributed by atoms with E-state index in [0.29, 0.717) is 22.6 Å². The minimum atomic E-state index is -1.11. The molecule has 0 fully saturated rings. The third-order valence-electron chi connectivity index (χ3n) is 5.56. The van der Waals surface area contributed by atoms with Gasteiger partial charge in [0, 0.05) is 23.4 Å². The molecule has 2 aliphatic rings. The Balaban J connectivity index is 1.62. The van der Waals surface area contributed by atoms with Crippen LogP contribution in [0.1, 0.15) is 30.5 Å². The van der Waals surface area contributed by atoms with E-state index in [9.17, 15) is 14.0 Å². The largest absolute Gasteiger partial charge is 0.482 e. The summed E-state index contributed by atoms with van der Waals surface area (Å²) in [6, 6.07) is 10.6. The van der Waals surface area contributed by atoms with Gasteiger partial charge in [-0.15, -0.1) is 0 Å². The van der Waals surface area contributed by atoms with Crippen LogP contribution in [-0.4, -0.2) is 40.3 Å². The van der Waals surface area contributed by atoms with Crippen molar-refractivity contribution in [1.82, 2.24) is 5.32 Å². The summed E-state index contributed by atoms with van der Waals surface area (Å²) in [5.74, 6) is -1.51. The molecule has 2 aromatic carbocycles. The summed E-state index contributed by atoms with van der Waals surface area (Å²) >= 11 is 0. The van der Waals surface area contributed by atoms with E-state index in [-0.39, 0.29) is 12.5 Å². The second-order valence-electron chi connectivity index (χ2n) is 8.20. The van der Waals surface area contributed by atoms with Gasteiger partial charge in [0.05, 0.1) is 12.2 Å². The van der Waals surface area contributed by atoms with Gasteiger partial charge in [-0.25, -0.2) is 4.39 Å². The number of rotatable bonds is 6. The van der Waals surface area contributed by atoms with Crippen molar-refractivity contribution < 1.29 is 28.9 Å². The lowest BCUT2D eigenvalue weighted by Crippen LogP contribution is -2.39. The lowest BCUT2D eigenvalue weighted by Gasteiger charge is -2.23. The van der Waals surface area contributed by atoms with Crippen LogP contribution in [0, 0.1) is 5.82 Å². The van der Waals surface area contributed by atoms with Gasteiger partial charge in [-0.05, 0) is 49.2 Å². The summed E-state index contributed by atoms with van der Waals surface area (Å²) < 4.78 is 19.9. The summed E-state index contributed by atoms with van der Waals surface area (Å²) in [6.07, 6.45) is 1.80. The van der Waals surface area contributed by atoms with E-state index >= 15 is 0 Å². The molecule has 0 bridgehead atoms. The molecule has 8 heteroatoms. The average molecular weight is 438 g/mol. The van der Waals surface area contributed by atoms with Gasteiger partial charge in [0.1, 0.15) is 23.2 Å². The van der Waals surface area contributed by atoms with Crippen molar-refractivity contribution in [2.75, 3.05) is 11.9 Å². The fourth-order valence-corrected chi connectivity index (χ4v) is 3.88. The number of carbonyl (C=O) groups is 2. The Morgan fingerprint density at radius 3 is 2.59 bits per heavy atom. The Morgan fingerprint density at radius 1 is 1.22 bits per heavy atom. The molecular formula is C24H23FN2O5. The first-order chi connectivity index (χ1) is 15.2. The highest BCUT2D eigenvalue weighted by molar-refractivity contribution is 6.32. The van der Waals surface area contributed by atoms with Crippen LogP contribution in [0.2, 0.25) is 0 Å². The van der Waals surface area contributed by atoms with Gasteiger partial charge < -0.3 is 20.3 Å². The van der Waals surface area contributed by atoms with E-state index < -0.39 is 30.0 Å². The summed E-state index contributed by atoms with van der Waals surface area (Å²) in [7, 11) is 0. The van der Waals surface area contributed by atoms with Gasteiger partial charge in [0.2, 0.25) is 0 Å². The molecule has 2 aliphatic heterocycles. The number of carboxylic acids is 1. The van der Waals surface area contributed by atoms with Gasteiger partial charge in [-0.2, -0.15) is 0 Å². The lowest BCUT2D eigenvalue weighted by atomic mass is 9.91. The van der Waals surface area contributed by atoms with Crippen molar-refractivity contribution in [1.29, 1.82) is 0 Å². The number of hydrogen-bond acceptors (Lipinski definition) is 5. The molecule has 0 unspecified atom stereocenters. The molecule has 2 heterocycles. The first kappa shape index (κ1) is 21.7. The molecular weight excluding hydrogens is 415 g/mol. The number of carboxylic acid groups (broad SMARTS) is 1. The number of anilines is 1. The number of aliphatic hydroxyl groups is 1. The van der Waals surface area contributed by atoms with Gasteiger partial charge in [-0.1, -0.05) is 24.3 Å². The Hall–Kier alpha value is -3.49. The van der Waals surface area contributed by atoms with Crippen LogP contribution in [0.15, 0.2) is 54.3 Å². The highest BCUT2D eigenvalue weighted by atomic mass is 19.1. The van der Waals surface area contributed by atoms with Crippen molar-refractivity contribution in [2.45, 2.75) is 32.0 Å².